The summed E-state index contributed by atoms with van der Waals surface area (Å²) in [6.45, 7) is 5.73. The van der Waals surface area contributed by atoms with Gasteiger partial charge in [0.15, 0.2) is 0 Å². The Morgan fingerprint density at radius 3 is 2.79 bits per heavy atom. The van der Waals surface area contributed by atoms with E-state index in [2.05, 4.69) is 33.7 Å². The molecule has 3 rings (SSSR count). The number of carbonyl (C=O) groups excluding carboxylic acids is 1. The van der Waals surface area contributed by atoms with Crippen molar-refractivity contribution in [2.45, 2.75) is 31.7 Å². The number of amides is 1. The molecule has 2 fully saturated rings. The fourth-order valence-electron chi connectivity index (χ4n) is 3.27. The van der Waals surface area contributed by atoms with Crippen LogP contribution in [0.5, 0.6) is 0 Å². The number of hydrogen-bond acceptors (Lipinski definition) is 5. The van der Waals surface area contributed by atoms with E-state index in [4.69, 9.17) is 9.47 Å². The number of nitrogens with zero attached hydrogens (tertiary/aromatic N) is 1. The van der Waals surface area contributed by atoms with Crippen molar-refractivity contribution in [3.8, 4) is 0 Å². The first kappa shape index (κ1) is 17.4. The molecule has 0 aromatic heterocycles. The van der Waals surface area contributed by atoms with Gasteiger partial charge in [-0.3, -0.25) is 9.69 Å². The van der Waals surface area contributed by atoms with Gasteiger partial charge in [-0.25, -0.2) is 0 Å². The maximum atomic E-state index is 12.3. The molecular weight excluding hydrogens is 306 g/mol. The largest absolute Gasteiger partial charge is 0.380 e. The van der Waals surface area contributed by atoms with E-state index < -0.39 is 0 Å². The zero-order chi connectivity index (χ0) is 16.8. The second-order valence-corrected chi connectivity index (χ2v) is 6.43. The maximum Gasteiger partial charge on any atom is 0.237 e. The number of ether oxygens (including phenoxy) is 2. The number of hydrogen-bond donors (Lipinski definition) is 2. The molecule has 1 aromatic rings. The highest BCUT2D eigenvalue weighted by atomic mass is 16.5. The van der Waals surface area contributed by atoms with Crippen LogP contribution in [-0.2, 0) is 27.4 Å². The van der Waals surface area contributed by atoms with Gasteiger partial charge in [0.25, 0.3) is 0 Å². The minimum absolute atomic E-state index is 0.0516. The monoisotopic (exact) mass is 333 g/mol. The minimum Gasteiger partial charge on any atom is -0.380 e. The highest BCUT2D eigenvalue weighted by Gasteiger charge is 2.29. The summed E-state index contributed by atoms with van der Waals surface area (Å²) < 4.78 is 10.7. The Labute approximate surface area is 143 Å². The van der Waals surface area contributed by atoms with E-state index in [0.717, 1.165) is 45.8 Å². The molecule has 2 atom stereocenters. The molecule has 6 heteroatoms. The van der Waals surface area contributed by atoms with Crippen LogP contribution in [0, 0.1) is 0 Å². The van der Waals surface area contributed by atoms with Crippen molar-refractivity contribution in [3.63, 3.8) is 0 Å². The first-order valence-corrected chi connectivity index (χ1v) is 8.67. The van der Waals surface area contributed by atoms with Gasteiger partial charge in [-0.15, -0.1) is 0 Å². The van der Waals surface area contributed by atoms with Crippen molar-refractivity contribution in [1.29, 1.82) is 0 Å². The number of carbonyl (C=O) groups is 1. The van der Waals surface area contributed by atoms with Crippen LogP contribution < -0.4 is 10.6 Å². The van der Waals surface area contributed by atoms with E-state index in [9.17, 15) is 4.79 Å². The lowest BCUT2D eigenvalue weighted by Crippen LogP contribution is -2.40. The van der Waals surface area contributed by atoms with E-state index in [1.807, 2.05) is 6.07 Å². The lowest BCUT2D eigenvalue weighted by atomic mass is 10.1. The van der Waals surface area contributed by atoms with Gasteiger partial charge >= 0.3 is 0 Å². The van der Waals surface area contributed by atoms with E-state index in [0.29, 0.717) is 6.54 Å². The fraction of sp³-hybridized carbons (Fsp3) is 0.611. The first-order chi connectivity index (χ1) is 11.8. The molecule has 1 amide bonds. The summed E-state index contributed by atoms with van der Waals surface area (Å²) in [6.07, 6.45) is 0.868. The molecule has 2 saturated heterocycles. The molecule has 0 aliphatic carbocycles. The standard InChI is InChI=1S/C18H27N3O3/c1-23-16-10-17(19-12-16)18(22)20-11-14-4-2-3-5-15(14)13-21-6-8-24-9-7-21/h2-5,16-17,19H,6-13H2,1H3,(H,20,22)/t16-,17-/m0/s1. The SMILES string of the molecule is CO[C@@H]1CN[C@H](C(=O)NCc2ccccc2CN2CCOCC2)C1. The van der Waals surface area contributed by atoms with Crippen molar-refractivity contribution in [2.24, 2.45) is 0 Å². The third-order valence-electron chi connectivity index (χ3n) is 4.81. The van der Waals surface area contributed by atoms with Gasteiger partial charge in [0.1, 0.15) is 0 Å². The highest BCUT2D eigenvalue weighted by molar-refractivity contribution is 5.82. The van der Waals surface area contributed by atoms with Crippen LogP contribution >= 0.6 is 0 Å². The summed E-state index contributed by atoms with van der Waals surface area (Å²) >= 11 is 0. The second-order valence-electron chi connectivity index (χ2n) is 6.43. The number of benzene rings is 1. The molecule has 2 heterocycles. The van der Waals surface area contributed by atoms with Crippen molar-refractivity contribution in [3.05, 3.63) is 35.4 Å². The first-order valence-electron chi connectivity index (χ1n) is 8.67. The van der Waals surface area contributed by atoms with Crippen LogP contribution in [0.3, 0.4) is 0 Å². The smallest absolute Gasteiger partial charge is 0.237 e. The summed E-state index contributed by atoms with van der Waals surface area (Å²) in [7, 11) is 1.69. The van der Waals surface area contributed by atoms with Crippen LogP contribution in [0.1, 0.15) is 17.5 Å². The Bertz CT molecular complexity index is 546. The molecule has 132 valence electrons. The van der Waals surface area contributed by atoms with Gasteiger partial charge in [-0.2, -0.15) is 0 Å². The highest BCUT2D eigenvalue weighted by Crippen LogP contribution is 2.14. The van der Waals surface area contributed by atoms with Gasteiger partial charge in [0.2, 0.25) is 5.91 Å². The van der Waals surface area contributed by atoms with Crippen molar-refractivity contribution in [1.82, 2.24) is 15.5 Å². The van der Waals surface area contributed by atoms with Crippen molar-refractivity contribution in [2.75, 3.05) is 40.0 Å². The molecule has 24 heavy (non-hydrogen) atoms. The summed E-state index contributed by atoms with van der Waals surface area (Å²) in [6, 6.07) is 8.17. The van der Waals surface area contributed by atoms with Crippen LogP contribution in [0.25, 0.3) is 0 Å². The fourth-order valence-corrected chi connectivity index (χ4v) is 3.27. The number of rotatable bonds is 6. The number of morpholine rings is 1. The zero-order valence-electron chi connectivity index (χ0n) is 14.3. The number of methoxy groups -OCH3 is 1. The molecule has 0 saturated carbocycles. The molecular formula is C18H27N3O3. The van der Waals surface area contributed by atoms with Gasteiger partial charge in [0.05, 0.1) is 25.4 Å². The third kappa shape index (κ3) is 4.54. The molecule has 6 nitrogen and oxygen atoms in total. The van der Waals surface area contributed by atoms with Crippen LogP contribution in [0.2, 0.25) is 0 Å². The van der Waals surface area contributed by atoms with Gasteiger partial charge in [-0.1, -0.05) is 24.3 Å². The molecule has 1 aromatic carbocycles. The van der Waals surface area contributed by atoms with E-state index in [1.165, 1.54) is 11.1 Å². The zero-order valence-corrected chi connectivity index (χ0v) is 14.3. The van der Waals surface area contributed by atoms with Gasteiger partial charge in [0, 0.05) is 39.8 Å². The van der Waals surface area contributed by atoms with E-state index in [1.54, 1.807) is 7.11 Å². The molecule has 0 spiro atoms. The lowest BCUT2D eigenvalue weighted by Gasteiger charge is -2.27. The Kier molecular flexibility index (Phi) is 6.20. The summed E-state index contributed by atoms with van der Waals surface area (Å²) in [4.78, 5) is 14.7. The molecule has 0 unspecified atom stereocenters. The van der Waals surface area contributed by atoms with Crippen molar-refractivity contribution >= 4 is 5.91 Å². The molecule has 2 aliphatic heterocycles. The minimum atomic E-state index is -0.152. The Balaban J connectivity index is 1.54. The molecule has 2 aliphatic rings. The second kappa shape index (κ2) is 8.58. The average molecular weight is 333 g/mol. The topological polar surface area (TPSA) is 62.8 Å². The Morgan fingerprint density at radius 1 is 1.33 bits per heavy atom. The van der Waals surface area contributed by atoms with Crippen LogP contribution in [0.4, 0.5) is 0 Å². The number of nitrogens with one attached hydrogen (secondary N) is 2. The predicted octanol–water partition coefficient (Wildman–Crippen LogP) is 0.512. The summed E-state index contributed by atoms with van der Waals surface area (Å²) in [5.74, 6) is 0.0516. The van der Waals surface area contributed by atoms with Crippen LogP contribution in [-0.4, -0.2) is 62.9 Å². The predicted molar refractivity (Wildman–Crippen MR) is 91.6 cm³/mol. The lowest BCUT2D eigenvalue weighted by molar-refractivity contribution is -0.123. The van der Waals surface area contributed by atoms with Crippen LogP contribution in [0.15, 0.2) is 24.3 Å². The quantitative estimate of drug-likeness (QED) is 0.794. The van der Waals surface area contributed by atoms with Gasteiger partial charge in [-0.05, 0) is 17.5 Å². The molecule has 2 N–H and O–H groups in total. The van der Waals surface area contributed by atoms with Crippen molar-refractivity contribution < 1.29 is 14.3 Å². The molecule has 0 radical (unpaired) electrons. The molecule has 0 bridgehead atoms. The Hall–Kier alpha value is -1.47. The Morgan fingerprint density at radius 2 is 2.08 bits per heavy atom. The average Bonchev–Trinajstić information content (AvgIpc) is 3.11. The maximum absolute atomic E-state index is 12.3. The van der Waals surface area contributed by atoms with E-state index in [-0.39, 0.29) is 18.1 Å². The third-order valence-corrected chi connectivity index (χ3v) is 4.81. The van der Waals surface area contributed by atoms with E-state index >= 15 is 0 Å². The normalized spacial score (nSPS) is 24.9. The van der Waals surface area contributed by atoms with Gasteiger partial charge < -0.3 is 20.1 Å². The summed E-state index contributed by atoms with van der Waals surface area (Å²) in [5, 5.41) is 6.28. The summed E-state index contributed by atoms with van der Waals surface area (Å²) in [5.41, 5.74) is 2.45.